The zero-order valence-electron chi connectivity index (χ0n) is 28.5. The molecule has 0 spiro atoms. The third kappa shape index (κ3) is 9.93. The highest BCUT2D eigenvalue weighted by atomic mass is 35.5. The maximum Gasteiger partial charge on any atom is 0.422 e. The first-order valence-electron chi connectivity index (χ1n) is 16.6. The summed E-state index contributed by atoms with van der Waals surface area (Å²) < 4.78 is 67.6. The quantitative estimate of drug-likeness (QED) is 0.276. The van der Waals surface area contributed by atoms with Crippen LogP contribution in [0.25, 0.3) is 0 Å². The molecule has 11 nitrogen and oxygen atoms in total. The number of carbonyl (C=O) groups excluding carboxylic acids is 1. The van der Waals surface area contributed by atoms with Crippen LogP contribution in [-0.4, -0.2) is 128 Å². The Labute approximate surface area is 308 Å². The summed E-state index contributed by atoms with van der Waals surface area (Å²) in [5, 5.41) is 0. The Morgan fingerprint density at radius 2 is 1.59 bits per heavy atom. The van der Waals surface area contributed by atoms with Crippen molar-refractivity contribution in [3.63, 3.8) is 0 Å². The summed E-state index contributed by atoms with van der Waals surface area (Å²) in [6.07, 6.45) is -5.22. The predicted octanol–water partition coefficient (Wildman–Crippen LogP) is 4.61. The largest absolute Gasteiger partial charge is 0.481 e. The molecule has 51 heavy (non-hydrogen) atoms. The van der Waals surface area contributed by atoms with E-state index in [0.717, 1.165) is 11.1 Å². The van der Waals surface area contributed by atoms with Crippen molar-refractivity contribution in [3.05, 3.63) is 77.4 Å². The number of carbonyl (C=O) groups is 1. The molecule has 3 aromatic rings. The SMILES string of the molecule is CCOc1nc(OC)c(CN2CC3CN(C(=O)C4COCCO4)CCN3C(C(c3ccccc3)c3ccccc3)C2)c(OCC(F)(F)F)n1.Cl.Cl. The number of rotatable bonds is 11. The normalized spacial score (nSPS) is 21.2. The van der Waals surface area contributed by atoms with Crippen molar-refractivity contribution in [1.82, 2.24) is 24.7 Å². The molecule has 4 heterocycles. The minimum atomic E-state index is -4.58. The topological polar surface area (TPSA) is 98.7 Å². The van der Waals surface area contributed by atoms with Gasteiger partial charge in [0.15, 0.2) is 12.7 Å². The van der Waals surface area contributed by atoms with E-state index < -0.39 is 18.9 Å². The van der Waals surface area contributed by atoms with E-state index in [2.05, 4.69) is 44.0 Å². The van der Waals surface area contributed by atoms with Crippen molar-refractivity contribution >= 4 is 30.7 Å². The number of fused-ring (bicyclic) bond motifs is 1. The monoisotopic (exact) mass is 757 g/mol. The van der Waals surface area contributed by atoms with Gasteiger partial charge < -0.3 is 28.6 Å². The maximum absolute atomic E-state index is 13.6. The van der Waals surface area contributed by atoms with Gasteiger partial charge in [-0.2, -0.15) is 23.1 Å². The van der Waals surface area contributed by atoms with Gasteiger partial charge in [0.05, 0.1) is 39.1 Å². The van der Waals surface area contributed by atoms with Gasteiger partial charge in [-0.25, -0.2) is 0 Å². The Morgan fingerprint density at radius 3 is 2.18 bits per heavy atom. The van der Waals surface area contributed by atoms with Gasteiger partial charge in [-0.3, -0.25) is 14.6 Å². The van der Waals surface area contributed by atoms with Gasteiger partial charge in [-0.15, -0.1) is 24.8 Å². The molecule has 6 rings (SSSR count). The second-order valence-electron chi connectivity index (χ2n) is 12.3. The minimum Gasteiger partial charge on any atom is -0.481 e. The minimum absolute atomic E-state index is 0. The second-order valence-corrected chi connectivity index (χ2v) is 12.3. The number of alkyl halides is 3. The van der Waals surface area contributed by atoms with Gasteiger partial charge >= 0.3 is 12.2 Å². The van der Waals surface area contributed by atoms with Crippen molar-refractivity contribution in [2.75, 3.05) is 72.9 Å². The second kappa shape index (κ2) is 18.4. The van der Waals surface area contributed by atoms with Gasteiger partial charge in [0, 0.05) is 57.3 Å². The molecule has 3 unspecified atom stereocenters. The van der Waals surface area contributed by atoms with Crippen molar-refractivity contribution in [3.8, 4) is 17.8 Å². The maximum atomic E-state index is 13.6. The molecule has 280 valence electrons. The number of aromatic nitrogens is 2. The molecule has 0 bridgehead atoms. The number of benzene rings is 2. The molecule has 1 amide bonds. The molecule has 3 fully saturated rings. The Bertz CT molecular complexity index is 1500. The van der Waals surface area contributed by atoms with E-state index in [-0.39, 0.29) is 91.8 Å². The molecule has 3 aliphatic heterocycles. The van der Waals surface area contributed by atoms with E-state index in [0.29, 0.717) is 45.9 Å². The molecule has 0 aliphatic carbocycles. The summed E-state index contributed by atoms with van der Waals surface area (Å²) in [4.78, 5) is 28.6. The zero-order valence-corrected chi connectivity index (χ0v) is 30.1. The van der Waals surface area contributed by atoms with E-state index in [1.807, 2.05) is 41.3 Å². The first kappa shape index (κ1) is 40.4. The third-order valence-corrected chi connectivity index (χ3v) is 9.11. The van der Waals surface area contributed by atoms with Crippen molar-refractivity contribution < 1.29 is 41.7 Å². The molecular weight excluding hydrogens is 714 g/mol. The van der Waals surface area contributed by atoms with Gasteiger partial charge in [-0.1, -0.05) is 60.7 Å². The van der Waals surface area contributed by atoms with E-state index in [4.69, 9.17) is 23.7 Å². The summed E-state index contributed by atoms with van der Waals surface area (Å²) in [7, 11) is 1.40. The number of nitrogens with zero attached hydrogens (tertiary/aromatic N) is 5. The predicted molar refractivity (Wildman–Crippen MR) is 187 cm³/mol. The molecule has 3 saturated heterocycles. The van der Waals surface area contributed by atoms with Crippen LogP contribution in [-0.2, 0) is 20.8 Å². The van der Waals surface area contributed by atoms with Crippen LogP contribution >= 0.6 is 24.8 Å². The average molecular weight is 759 g/mol. The smallest absolute Gasteiger partial charge is 0.422 e. The third-order valence-electron chi connectivity index (χ3n) is 9.11. The van der Waals surface area contributed by atoms with Crippen LogP contribution in [0.1, 0.15) is 29.5 Å². The fourth-order valence-electron chi connectivity index (χ4n) is 7.04. The molecule has 2 aromatic carbocycles. The van der Waals surface area contributed by atoms with Gasteiger partial charge in [0.25, 0.3) is 5.91 Å². The molecule has 3 aliphatic rings. The number of halogens is 5. The van der Waals surface area contributed by atoms with Crippen LogP contribution in [0.4, 0.5) is 13.2 Å². The van der Waals surface area contributed by atoms with Crippen molar-refractivity contribution in [2.24, 2.45) is 0 Å². The number of piperazine rings is 2. The number of amides is 1. The summed E-state index contributed by atoms with van der Waals surface area (Å²) >= 11 is 0. The molecule has 16 heteroatoms. The fraction of sp³-hybridized carbons (Fsp3) is 0.514. The first-order chi connectivity index (χ1) is 23.7. The molecule has 3 atom stereocenters. The van der Waals surface area contributed by atoms with Gasteiger partial charge in [-0.05, 0) is 18.1 Å². The fourth-order valence-corrected chi connectivity index (χ4v) is 7.04. The summed E-state index contributed by atoms with van der Waals surface area (Å²) in [6, 6.07) is 20.3. The number of methoxy groups -OCH3 is 1. The Balaban J connectivity index is 0.00000292. The molecule has 0 saturated carbocycles. The van der Waals surface area contributed by atoms with E-state index >= 15 is 0 Å². The van der Waals surface area contributed by atoms with Crippen LogP contribution in [0.5, 0.6) is 17.8 Å². The summed E-state index contributed by atoms with van der Waals surface area (Å²) in [5.74, 6) is -0.305. The molecule has 1 aromatic heterocycles. The highest BCUT2D eigenvalue weighted by molar-refractivity contribution is 5.85. The van der Waals surface area contributed by atoms with Crippen molar-refractivity contribution in [1.29, 1.82) is 0 Å². The standard InChI is InChI=1S/C35H42F3N5O6.2ClH/c1-3-47-34-39-31(45-2)27(32(40-34)49-23-35(36,37)38)20-41-18-26-19-42(33(44)29-22-46-16-17-48-29)14-15-43(26)28(21-41)30(24-10-6-4-7-11-24)25-12-8-5-9-13-25;;/h4-13,26,28-30H,3,14-23H2,1-2H3;2*1H. The van der Waals surface area contributed by atoms with Gasteiger partial charge in [0.1, 0.15) is 0 Å². The summed E-state index contributed by atoms with van der Waals surface area (Å²) in [5.41, 5.74) is 2.57. The first-order valence-corrected chi connectivity index (χ1v) is 16.6. The van der Waals surface area contributed by atoms with Crippen LogP contribution in [0.15, 0.2) is 60.7 Å². The Kier molecular flexibility index (Phi) is 14.6. The molecule has 0 radical (unpaired) electrons. The van der Waals surface area contributed by atoms with Crippen LogP contribution in [0.3, 0.4) is 0 Å². The van der Waals surface area contributed by atoms with E-state index in [9.17, 15) is 18.0 Å². The average Bonchev–Trinajstić information content (AvgIpc) is 3.12. The summed E-state index contributed by atoms with van der Waals surface area (Å²) in [6.45, 7) is 4.33. The lowest BCUT2D eigenvalue weighted by atomic mass is 9.81. The van der Waals surface area contributed by atoms with Crippen LogP contribution < -0.4 is 14.2 Å². The lowest BCUT2D eigenvalue weighted by Gasteiger charge is -2.53. The number of hydrogen-bond acceptors (Lipinski definition) is 10. The van der Waals surface area contributed by atoms with Gasteiger partial charge in [0.2, 0.25) is 11.8 Å². The Morgan fingerprint density at radius 1 is 0.922 bits per heavy atom. The van der Waals surface area contributed by atoms with Crippen LogP contribution in [0, 0.1) is 0 Å². The lowest BCUT2D eigenvalue weighted by molar-refractivity contribution is -0.162. The number of ether oxygens (including phenoxy) is 5. The molecular formula is C35H44Cl2F3N5O6. The highest BCUT2D eigenvalue weighted by Gasteiger charge is 2.44. The highest BCUT2D eigenvalue weighted by Crippen LogP contribution is 2.38. The van der Waals surface area contributed by atoms with Crippen LogP contribution in [0.2, 0.25) is 0 Å². The van der Waals surface area contributed by atoms with E-state index in [1.165, 1.54) is 7.11 Å². The van der Waals surface area contributed by atoms with Crippen molar-refractivity contribution in [2.45, 2.75) is 43.8 Å². The number of hydrogen-bond donors (Lipinski definition) is 0. The molecule has 0 N–H and O–H groups in total. The zero-order chi connectivity index (χ0) is 34.4. The van der Waals surface area contributed by atoms with E-state index in [1.54, 1.807) is 6.92 Å². The Hall–Kier alpha value is -3.40. The lowest BCUT2D eigenvalue weighted by Crippen LogP contribution is -2.68.